The summed E-state index contributed by atoms with van der Waals surface area (Å²) in [5.74, 6) is 0.642. The van der Waals surface area contributed by atoms with Gasteiger partial charge in [-0.3, -0.25) is 9.78 Å². The van der Waals surface area contributed by atoms with Crippen LogP contribution in [-0.2, 0) is 17.8 Å². The molecule has 6 heteroatoms. The number of carbonyl (C=O) groups excluding carboxylic acids is 1. The van der Waals surface area contributed by atoms with Gasteiger partial charge in [-0.05, 0) is 47.9 Å². The van der Waals surface area contributed by atoms with Crippen LogP contribution < -0.4 is 9.64 Å². The second-order valence-corrected chi connectivity index (χ2v) is 6.83. The van der Waals surface area contributed by atoms with Gasteiger partial charge in [-0.25, -0.2) is 0 Å². The molecule has 134 valence electrons. The van der Waals surface area contributed by atoms with Gasteiger partial charge in [-0.1, -0.05) is 17.7 Å². The van der Waals surface area contributed by atoms with Crippen LogP contribution in [0.3, 0.4) is 0 Å². The molecule has 3 aromatic rings. The molecular weight excluding hydrogens is 362 g/mol. The molecule has 1 aromatic heterocycles. The van der Waals surface area contributed by atoms with E-state index in [0.29, 0.717) is 35.7 Å². The third-order valence-corrected chi connectivity index (χ3v) is 5.08. The van der Waals surface area contributed by atoms with E-state index in [4.69, 9.17) is 16.3 Å². The highest BCUT2D eigenvalue weighted by molar-refractivity contribution is 6.32. The number of benzene rings is 2. The maximum absolute atomic E-state index is 12.8. The van der Waals surface area contributed by atoms with E-state index in [1.807, 2.05) is 24.4 Å². The summed E-state index contributed by atoms with van der Waals surface area (Å²) in [5.41, 5.74) is 4.06. The van der Waals surface area contributed by atoms with Gasteiger partial charge in [-0.2, -0.15) is 5.26 Å². The first-order valence-electron chi connectivity index (χ1n) is 8.55. The van der Waals surface area contributed by atoms with Crippen molar-refractivity contribution in [2.24, 2.45) is 0 Å². The van der Waals surface area contributed by atoms with E-state index in [9.17, 15) is 10.1 Å². The highest BCUT2D eigenvalue weighted by Gasteiger charge is 2.27. The topological polar surface area (TPSA) is 66.2 Å². The number of hydrogen-bond acceptors (Lipinski definition) is 4. The largest absolute Gasteiger partial charge is 0.495 e. The zero-order chi connectivity index (χ0) is 19.0. The maximum Gasteiger partial charge on any atom is 0.227 e. The van der Waals surface area contributed by atoms with E-state index in [1.54, 1.807) is 30.2 Å². The summed E-state index contributed by atoms with van der Waals surface area (Å²) in [6, 6.07) is 13.0. The molecule has 0 bridgehead atoms. The van der Waals surface area contributed by atoms with Crippen LogP contribution in [0, 0.1) is 11.3 Å². The van der Waals surface area contributed by atoms with Gasteiger partial charge in [0.15, 0.2) is 0 Å². The van der Waals surface area contributed by atoms with Crippen molar-refractivity contribution >= 4 is 34.1 Å². The van der Waals surface area contributed by atoms with Gasteiger partial charge in [0.25, 0.3) is 0 Å². The molecular formula is C21H16ClN3O2. The third-order valence-electron chi connectivity index (χ3n) is 4.78. The van der Waals surface area contributed by atoms with Crippen molar-refractivity contribution in [3.63, 3.8) is 0 Å². The van der Waals surface area contributed by atoms with Crippen molar-refractivity contribution in [2.75, 3.05) is 12.0 Å². The molecule has 0 aliphatic carbocycles. The van der Waals surface area contributed by atoms with Crippen molar-refractivity contribution in [2.45, 2.75) is 19.4 Å². The van der Waals surface area contributed by atoms with Gasteiger partial charge in [0.2, 0.25) is 5.91 Å². The summed E-state index contributed by atoms with van der Waals surface area (Å²) < 4.78 is 5.20. The lowest BCUT2D eigenvalue weighted by molar-refractivity contribution is -0.119. The molecule has 1 amide bonds. The summed E-state index contributed by atoms with van der Waals surface area (Å²) in [7, 11) is 1.57. The molecule has 4 rings (SSSR count). The zero-order valence-corrected chi connectivity index (χ0v) is 15.5. The van der Waals surface area contributed by atoms with E-state index in [2.05, 4.69) is 11.1 Å². The monoisotopic (exact) mass is 377 g/mol. The SMILES string of the molecule is COc1ccc(CN2C(=O)CCc3cnc4ccc(C#N)cc4c32)cc1Cl. The summed E-state index contributed by atoms with van der Waals surface area (Å²) in [4.78, 5) is 19.0. The number of aryl methyl sites for hydroxylation is 1. The van der Waals surface area contributed by atoms with E-state index < -0.39 is 0 Å². The first-order valence-corrected chi connectivity index (χ1v) is 8.93. The minimum atomic E-state index is 0.0456. The molecule has 27 heavy (non-hydrogen) atoms. The summed E-state index contributed by atoms with van der Waals surface area (Å²) in [6.07, 6.45) is 2.90. The van der Waals surface area contributed by atoms with E-state index in [-0.39, 0.29) is 5.91 Å². The lowest BCUT2D eigenvalue weighted by atomic mass is 9.98. The van der Waals surface area contributed by atoms with E-state index in [0.717, 1.165) is 27.7 Å². The number of amides is 1. The number of rotatable bonds is 3. The van der Waals surface area contributed by atoms with Gasteiger partial charge < -0.3 is 9.64 Å². The average Bonchev–Trinajstić information content (AvgIpc) is 2.69. The van der Waals surface area contributed by atoms with Gasteiger partial charge in [0.05, 0.1) is 41.5 Å². The number of ether oxygens (including phenoxy) is 1. The van der Waals surface area contributed by atoms with Gasteiger partial charge in [0, 0.05) is 18.0 Å². The second kappa shape index (κ2) is 6.90. The van der Waals surface area contributed by atoms with Crippen LogP contribution in [0.5, 0.6) is 5.75 Å². The Kier molecular flexibility index (Phi) is 4.43. The van der Waals surface area contributed by atoms with E-state index >= 15 is 0 Å². The Hall–Kier alpha value is -3.10. The van der Waals surface area contributed by atoms with Crippen molar-refractivity contribution in [3.8, 4) is 11.8 Å². The second-order valence-electron chi connectivity index (χ2n) is 6.42. The lowest BCUT2D eigenvalue weighted by Crippen LogP contribution is -2.34. The van der Waals surface area contributed by atoms with Crippen LogP contribution in [0.4, 0.5) is 5.69 Å². The molecule has 0 atom stereocenters. The van der Waals surface area contributed by atoms with Crippen LogP contribution in [-0.4, -0.2) is 18.0 Å². The Morgan fingerprint density at radius 2 is 2.11 bits per heavy atom. The van der Waals surface area contributed by atoms with Crippen molar-refractivity contribution < 1.29 is 9.53 Å². The minimum Gasteiger partial charge on any atom is -0.495 e. The Morgan fingerprint density at radius 3 is 2.85 bits per heavy atom. The van der Waals surface area contributed by atoms with Crippen LogP contribution in [0.2, 0.25) is 5.02 Å². The number of nitrogens with zero attached hydrogens (tertiary/aromatic N) is 3. The quantitative estimate of drug-likeness (QED) is 0.684. The highest BCUT2D eigenvalue weighted by atomic mass is 35.5. The van der Waals surface area contributed by atoms with Crippen molar-refractivity contribution in [1.29, 1.82) is 5.26 Å². The summed E-state index contributed by atoms with van der Waals surface area (Å²) >= 11 is 6.24. The predicted octanol–water partition coefficient (Wildman–Crippen LogP) is 4.25. The Bertz CT molecular complexity index is 1100. The third kappa shape index (κ3) is 3.09. The maximum atomic E-state index is 12.8. The molecule has 2 heterocycles. The number of aromatic nitrogens is 1. The molecule has 0 saturated carbocycles. The smallest absolute Gasteiger partial charge is 0.227 e. The molecule has 5 nitrogen and oxygen atoms in total. The molecule has 1 aliphatic heterocycles. The minimum absolute atomic E-state index is 0.0456. The lowest BCUT2D eigenvalue weighted by Gasteiger charge is -2.30. The highest BCUT2D eigenvalue weighted by Crippen LogP contribution is 2.36. The predicted molar refractivity (Wildman–Crippen MR) is 104 cm³/mol. The average molecular weight is 378 g/mol. The van der Waals surface area contributed by atoms with Gasteiger partial charge in [0.1, 0.15) is 5.75 Å². The molecule has 0 unspecified atom stereocenters. The molecule has 0 fully saturated rings. The standard InChI is InChI=1S/C21H16ClN3O2/c1-27-19-6-3-14(9-17(19)22)12-25-20(26)7-4-15-11-24-18-5-2-13(10-23)8-16(18)21(15)25/h2-3,5-6,8-9,11H,4,7,12H2,1H3. The number of carbonyl (C=O) groups is 1. The van der Waals surface area contributed by atoms with Crippen molar-refractivity contribution in [1.82, 2.24) is 4.98 Å². The molecule has 0 spiro atoms. The molecule has 0 radical (unpaired) electrons. The van der Waals surface area contributed by atoms with Gasteiger partial charge in [-0.15, -0.1) is 0 Å². The number of halogens is 1. The molecule has 1 aliphatic rings. The fourth-order valence-corrected chi connectivity index (χ4v) is 3.73. The van der Waals surface area contributed by atoms with Crippen molar-refractivity contribution in [3.05, 3.63) is 64.3 Å². The fourth-order valence-electron chi connectivity index (χ4n) is 3.45. The Labute approximate surface area is 161 Å². The molecule has 2 aromatic carbocycles. The fraction of sp³-hybridized carbons (Fsp3) is 0.190. The molecule has 0 saturated heterocycles. The number of nitriles is 1. The summed E-state index contributed by atoms with van der Waals surface area (Å²) in [6.45, 7) is 0.394. The van der Waals surface area contributed by atoms with E-state index in [1.165, 1.54) is 0 Å². The Balaban J connectivity index is 1.83. The zero-order valence-electron chi connectivity index (χ0n) is 14.7. The normalized spacial score (nSPS) is 13.4. The van der Waals surface area contributed by atoms with Crippen LogP contribution in [0.1, 0.15) is 23.1 Å². The number of hydrogen-bond donors (Lipinski definition) is 0. The first-order chi connectivity index (χ1) is 13.1. The Morgan fingerprint density at radius 1 is 1.26 bits per heavy atom. The molecule has 0 N–H and O–H groups in total. The van der Waals surface area contributed by atoms with Crippen LogP contribution in [0.25, 0.3) is 10.9 Å². The number of pyridine rings is 1. The van der Waals surface area contributed by atoms with Crippen LogP contribution in [0.15, 0.2) is 42.6 Å². The summed E-state index contributed by atoms with van der Waals surface area (Å²) in [5, 5.41) is 10.6. The number of anilines is 1. The van der Waals surface area contributed by atoms with Crippen LogP contribution >= 0.6 is 11.6 Å². The number of fused-ring (bicyclic) bond motifs is 3. The number of methoxy groups -OCH3 is 1. The first kappa shape index (κ1) is 17.3. The van der Waals surface area contributed by atoms with Gasteiger partial charge >= 0.3 is 0 Å².